The fourth-order valence-corrected chi connectivity index (χ4v) is 2.30. The maximum atomic E-state index is 12.5. The lowest BCUT2D eigenvalue weighted by atomic mass is 10.1. The van der Waals surface area contributed by atoms with E-state index < -0.39 is 6.67 Å². The maximum Gasteiger partial charge on any atom is 0.201 e. The third kappa shape index (κ3) is 1.84. The van der Waals surface area contributed by atoms with Crippen LogP contribution in [0.5, 0.6) is 5.88 Å². The summed E-state index contributed by atoms with van der Waals surface area (Å²) in [6, 6.07) is 5.53. The van der Waals surface area contributed by atoms with Crippen molar-refractivity contribution in [3.05, 3.63) is 23.9 Å². The molecule has 0 unspecified atom stereocenters. The van der Waals surface area contributed by atoms with Crippen molar-refractivity contribution in [2.75, 3.05) is 12.4 Å². The molecule has 3 nitrogen and oxygen atoms in total. The SMILES string of the molecule is CCCc1c2cccc(N)c2c(O)n1CCF. The van der Waals surface area contributed by atoms with Gasteiger partial charge in [0.05, 0.1) is 11.9 Å². The number of rotatable bonds is 4. The minimum atomic E-state index is -0.495. The fraction of sp³-hybridized carbons (Fsp3) is 0.385. The van der Waals surface area contributed by atoms with Gasteiger partial charge in [0.25, 0.3) is 0 Å². The van der Waals surface area contributed by atoms with Crippen LogP contribution in [0.4, 0.5) is 10.1 Å². The van der Waals surface area contributed by atoms with Gasteiger partial charge in [-0.05, 0) is 12.5 Å². The third-order valence-corrected chi connectivity index (χ3v) is 3.01. The van der Waals surface area contributed by atoms with Crippen LogP contribution in [0.1, 0.15) is 19.0 Å². The highest BCUT2D eigenvalue weighted by Crippen LogP contribution is 2.36. The zero-order valence-electron chi connectivity index (χ0n) is 9.91. The Morgan fingerprint density at radius 3 is 2.82 bits per heavy atom. The Kier molecular flexibility index (Phi) is 3.22. The fourth-order valence-electron chi connectivity index (χ4n) is 2.30. The van der Waals surface area contributed by atoms with Crippen LogP contribution in [0.2, 0.25) is 0 Å². The molecule has 0 bridgehead atoms. The van der Waals surface area contributed by atoms with Crippen LogP contribution in [0.3, 0.4) is 0 Å². The van der Waals surface area contributed by atoms with E-state index in [4.69, 9.17) is 5.73 Å². The number of alkyl halides is 1. The van der Waals surface area contributed by atoms with Crippen LogP contribution < -0.4 is 5.73 Å². The van der Waals surface area contributed by atoms with Gasteiger partial charge >= 0.3 is 0 Å². The van der Waals surface area contributed by atoms with E-state index in [1.807, 2.05) is 12.1 Å². The number of nitrogen functional groups attached to an aromatic ring is 1. The molecule has 0 amide bonds. The van der Waals surface area contributed by atoms with Gasteiger partial charge in [-0.1, -0.05) is 25.5 Å². The summed E-state index contributed by atoms with van der Waals surface area (Å²) in [6.45, 7) is 1.74. The highest BCUT2D eigenvalue weighted by Gasteiger charge is 2.17. The molecule has 0 atom stereocenters. The van der Waals surface area contributed by atoms with E-state index in [2.05, 4.69) is 6.92 Å². The van der Waals surface area contributed by atoms with Crippen LogP contribution >= 0.6 is 0 Å². The van der Waals surface area contributed by atoms with Crippen LogP contribution in [-0.2, 0) is 13.0 Å². The molecular formula is C13H17FN2O. The number of aryl methyl sites for hydroxylation is 1. The lowest BCUT2D eigenvalue weighted by molar-refractivity contribution is 0.381. The largest absolute Gasteiger partial charge is 0.494 e. The van der Waals surface area contributed by atoms with Crippen molar-refractivity contribution >= 4 is 16.5 Å². The number of hydrogen-bond acceptors (Lipinski definition) is 2. The summed E-state index contributed by atoms with van der Waals surface area (Å²) in [4.78, 5) is 0. The molecule has 1 aromatic heterocycles. The molecule has 0 aliphatic rings. The average molecular weight is 236 g/mol. The summed E-state index contributed by atoms with van der Waals surface area (Å²) in [5.41, 5.74) is 7.36. The van der Waals surface area contributed by atoms with Gasteiger partial charge in [0, 0.05) is 16.8 Å². The second-order valence-electron chi connectivity index (χ2n) is 4.13. The Bertz CT molecular complexity index is 534. The molecule has 1 aromatic carbocycles. The molecular weight excluding hydrogens is 219 g/mol. The molecule has 0 spiro atoms. The van der Waals surface area contributed by atoms with Gasteiger partial charge in [-0.2, -0.15) is 0 Å². The van der Waals surface area contributed by atoms with Crippen molar-refractivity contribution in [1.29, 1.82) is 0 Å². The summed E-state index contributed by atoms with van der Waals surface area (Å²) < 4.78 is 14.2. The van der Waals surface area contributed by atoms with Gasteiger partial charge < -0.3 is 15.4 Å². The van der Waals surface area contributed by atoms with Gasteiger partial charge in [-0.15, -0.1) is 0 Å². The van der Waals surface area contributed by atoms with E-state index in [0.717, 1.165) is 23.9 Å². The Hall–Kier alpha value is -1.71. The van der Waals surface area contributed by atoms with E-state index in [0.29, 0.717) is 11.1 Å². The lowest BCUT2D eigenvalue weighted by Gasteiger charge is -2.07. The summed E-state index contributed by atoms with van der Waals surface area (Å²) in [7, 11) is 0. The van der Waals surface area contributed by atoms with Crippen LogP contribution in [0.15, 0.2) is 18.2 Å². The molecule has 17 heavy (non-hydrogen) atoms. The number of benzene rings is 1. The Labute approximate surface area is 99.7 Å². The van der Waals surface area contributed by atoms with Gasteiger partial charge in [0.1, 0.15) is 6.67 Å². The molecule has 0 radical (unpaired) electrons. The number of fused-ring (bicyclic) bond motifs is 1. The number of aromatic nitrogens is 1. The lowest BCUT2D eigenvalue weighted by Crippen LogP contribution is -2.03. The number of halogens is 1. The molecule has 0 saturated carbocycles. The van der Waals surface area contributed by atoms with Gasteiger partial charge in [-0.3, -0.25) is 0 Å². The first kappa shape index (κ1) is 11.8. The monoisotopic (exact) mass is 236 g/mol. The molecule has 4 heteroatoms. The summed E-state index contributed by atoms with van der Waals surface area (Å²) in [5, 5.41) is 11.7. The molecule has 3 N–H and O–H groups in total. The van der Waals surface area contributed by atoms with Crippen molar-refractivity contribution in [3.63, 3.8) is 0 Å². The van der Waals surface area contributed by atoms with Gasteiger partial charge in [-0.25, -0.2) is 4.39 Å². The molecule has 0 aliphatic carbocycles. The Morgan fingerprint density at radius 2 is 2.18 bits per heavy atom. The molecule has 0 fully saturated rings. The first-order chi connectivity index (χ1) is 8.20. The van der Waals surface area contributed by atoms with E-state index >= 15 is 0 Å². The van der Waals surface area contributed by atoms with Crippen LogP contribution in [0, 0.1) is 0 Å². The first-order valence-electron chi connectivity index (χ1n) is 5.85. The van der Waals surface area contributed by atoms with E-state index in [-0.39, 0.29) is 12.4 Å². The summed E-state index contributed by atoms with van der Waals surface area (Å²) >= 11 is 0. The van der Waals surface area contributed by atoms with E-state index in [1.165, 1.54) is 0 Å². The van der Waals surface area contributed by atoms with Crippen LogP contribution in [0.25, 0.3) is 10.8 Å². The standard InChI is InChI=1S/C13H17FN2O/c1-2-4-11-9-5-3-6-10(15)12(9)13(17)16(11)8-7-14/h3,5-6,17H,2,4,7-8,15H2,1H3. The van der Waals surface area contributed by atoms with Crippen molar-refractivity contribution in [2.45, 2.75) is 26.3 Å². The van der Waals surface area contributed by atoms with Gasteiger partial charge in [0.15, 0.2) is 0 Å². The smallest absolute Gasteiger partial charge is 0.201 e. The number of aromatic hydroxyl groups is 1. The Morgan fingerprint density at radius 1 is 1.41 bits per heavy atom. The number of anilines is 1. The van der Waals surface area contributed by atoms with Crippen molar-refractivity contribution in [2.24, 2.45) is 0 Å². The molecule has 0 aliphatic heterocycles. The Balaban J connectivity index is 2.73. The molecule has 2 aromatic rings. The molecule has 92 valence electrons. The zero-order chi connectivity index (χ0) is 12.4. The summed E-state index contributed by atoms with van der Waals surface area (Å²) in [5.74, 6) is 0.0826. The molecule has 2 rings (SSSR count). The second kappa shape index (κ2) is 4.65. The number of nitrogens with zero attached hydrogens (tertiary/aromatic N) is 1. The average Bonchev–Trinajstić information content (AvgIpc) is 2.57. The minimum absolute atomic E-state index is 0.0826. The second-order valence-corrected chi connectivity index (χ2v) is 4.13. The number of hydrogen-bond donors (Lipinski definition) is 2. The maximum absolute atomic E-state index is 12.5. The predicted molar refractivity (Wildman–Crippen MR) is 68.0 cm³/mol. The first-order valence-corrected chi connectivity index (χ1v) is 5.85. The van der Waals surface area contributed by atoms with Crippen LogP contribution in [-0.4, -0.2) is 16.3 Å². The van der Waals surface area contributed by atoms with Crippen molar-refractivity contribution in [3.8, 4) is 5.88 Å². The topological polar surface area (TPSA) is 51.2 Å². The van der Waals surface area contributed by atoms with Crippen molar-refractivity contribution < 1.29 is 9.50 Å². The predicted octanol–water partition coefficient (Wildman–Crippen LogP) is 2.85. The van der Waals surface area contributed by atoms with E-state index in [1.54, 1.807) is 10.6 Å². The van der Waals surface area contributed by atoms with Crippen molar-refractivity contribution in [1.82, 2.24) is 4.57 Å². The third-order valence-electron chi connectivity index (χ3n) is 3.01. The highest BCUT2D eigenvalue weighted by atomic mass is 19.1. The summed E-state index contributed by atoms with van der Waals surface area (Å²) in [6.07, 6.45) is 1.75. The molecule has 1 heterocycles. The highest BCUT2D eigenvalue weighted by molar-refractivity contribution is 5.99. The minimum Gasteiger partial charge on any atom is -0.494 e. The quantitative estimate of drug-likeness (QED) is 0.802. The normalized spacial score (nSPS) is 11.2. The van der Waals surface area contributed by atoms with E-state index in [9.17, 15) is 9.50 Å². The van der Waals surface area contributed by atoms with Gasteiger partial charge in [0.2, 0.25) is 5.88 Å². The number of nitrogens with two attached hydrogens (primary N) is 1. The molecule has 0 saturated heterocycles. The zero-order valence-corrected chi connectivity index (χ0v) is 9.91.